The summed E-state index contributed by atoms with van der Waals surface area (Å²) >= 11 is 0. The Labute approximate surface area is 144 Å². The lowest BCUT2D eigenvalue weighted by molar-refractivity contribution is -0.118. The highest BCUT2D eigenvalue weighted by Crippen LogP contribution is 2.28. The molecule has 0 radical (unpaired) electrons. The highest BCUT2D eigenvalue weighted by Gasteiger charge is 2.24. The quantitative estimate of drug-likeness (QED) is 0.924. The molecular formula is C19H27N3O2. The van der Waals surface area contributed by atoms with Crippen LogP contribution in [0.4, 0.5) is 11.4 Å². The van der Waals surface area contributed by atoms with Gasteiger partial charge >= 0.3 is 0 Å². The van der Waals surface area contributed by atoms with E-state index in [0.29, 0.717) is 18.8 Å². The van der Waals surface area contributed by atoms with E-state index < -0.39 is 0 Å². The molecular weight excluding hydrogens is 302 g/mol. The molecule has 130 valence electrons. The van der Waals surface area contributed by atoms with Crippen molar-refractivity contribution in [1.29, 1.82) is 0 Å². The van der Waals surface area contributed by atoms with Gasteiger partial charge in [0.15, 0.2) is 0 Å². The van der Waals surface area contributed by atoms with Crippen molar-refractivity contribution in [2.75, 3.05) is 36.9 Å². The molecule has 1 aromatic rings. The van der Waals surface area contributed by atoms with Crippen LogP contribution in [0.3, 0.4) is 0 Å². The summed E-state index contributed by atoms with van der Waals surface area (Å²) in [6.07, 6.45) is 4.29. The van der Waals surface area contributed by atoms with Gasteiger partial charge in [-0.05, 0) is 69.9 Å². The molecule has 5 nitrogen and oxygen atoms in total. The molecule has 2 aliphatic rings. The average molecular weight is 329 g/mol. The van der Waals surface area contributed by atoms with Gasteiger partial charge in [0.05, 0.1) is 0 Å². The lowest BCUT2D eigenvalue weighted by atomic mass is 9.93. The van der Waals surface area contributed by atoms with Crippen molar-refractivity contribution in [1.82, 2.24) is 4.90 Å². The molecule has 2 aliphatic heterocycles. The number of benzene rings is 1. The van der Waals surface area contributed by atoms with Gasteiger partial charge in [0.2, 0.25) is 11.8 Å². The molecule has 1 aromatic carbocycles. The van der Waals surface area contributed by atoms with Crippen LogP contribution in [-0.2, 0) is 9.59 Å². The Morgan fingerprint density at radius 2 is 2.00 bits per heavy atom. The number of likely N-dealkylation sites (tertiary alicyclic amines) is 1. The molecule has 0 atom stereocenters. The summed E-state index contributed by atoms with van der Waals surface area (Å²) in [5.41, 5.74) is 2.78. The fourth-order valence-corrected chi connectivity index (χ4v) is 3.62. The van der Waals surface area contributed by atoms with Crippen LogP contribution in [-0.4, -0.2) is 43.4 Å². The van der Waals surface area contributed by atoms with Gasteiger partial charge < -0.3 is 15.1 Å². The van der Waals surface area contributed by atoms with E-state index in [-0.39, 0.29) is 11.8 Å². The molecule has 2 amide bonds. The Balaban J connectivity index is 1.62. The van der Waals surface area contributed by atoms with E-state index in [0.717, 1.165) is 55.8 Å². The maximum Gasteiger partial charge on any atom is 0.227 e. The number of amides is 2. The van der Waals surface area contributed by atoms with Gasteiger partial charge in [0.1, 0.15) is 0 Å². The molecule has 0 aliphatic carbocycles. The number of nitrogens with one attached hydrogen (secondary N) is 1. The largest absolute Gasteiger partial charge is 0.326 e. The lowest BCUT2D eigenvalue weighted by Crippen LogP contribution is -2.32. The van der Waals surface area contributed by atoms with Crippen LogP contribution < -0.4 is 10.2 Å². The molecule has 0 bridgehead atoms. The molecule has 0 spiro atoms. The Hall–Kier alpha value is -1.88. The molecule has 2 saturated heterocycles. The van der Waals surface area contributed by atoms with Crippen LogP contribution in [0.5, 0.6) is 0 Å². The van der Waals surface area contributed by atoms with Gasteiger partial charge in [-0.15, -0.1) is 0 Å². The fourth-order valence-electron chi connectivity index (χ4n) is 3.62. The Kier molecular flexibility index (Phi) is 5.19. The number of aryl methyl sites for hydroxylation is 1. The van der Waals surface area contributed by atoms with E-state index >= 15 is 0 Å². The van der Waals surface area contributed by atoms with Gasteiger partial charge in [-0.25, -0.2) is 0 Å². The molecule has 24 heavy (non-hydrogen) atoms. The number of anilines is 2. The van der Waals surface area contributed by atoms with Crippen molar-refractivity contribution in [2.45, 2.75) is 39.0 Å². The van der Waals surface area contributed by atoms with Gasteiger partial charge in [-0.1, -0.05) is 6.07 Å². The number of nitrogens with zero attached hydrogens (tertiary/aromatic N) is 2. The normalized spacial score (nSPS) is 19.8. The summed E-state index contributed by atoms with van der Waals surface area (Å²) in [6.45, 7) is 4.92. The lowest BCUT2D eigenvalue weighted by Gasteiger charge is -2.28. The van der Waals surface area contributed by atoms with E-state index in [1.165, 1.54) is 0 Å². The average Bonchev–Trinajstić information content (AvgIpc) is 2.97. The first-order valence-corrected chi connectivity index (χ1v) is 8.92. The molecule has 2 fully saturated rings. The molecule has 1 N–H and O–H groups in total. The highest BCUT2D eigenvalue weighted by molar-refractivity contribution is 5.97. The second kappa shape index (κ2) is 7.34. The van der Waals surface area contributed by atoms with Crippen molar-refractivity contribution in [3.8, 4) is 0 Å². The van der Waals surface area contributed by atoms with Crippen molar-refractivity contribution in [3.05, 3.63) is 23.8 Å². The first kappa shape index (κ1) is 17.0. The molecule has 0 aromatic heterocycles. The van der Waals surface area contributed by atoms with Crippen LogP contribution >= 0.6 is 0 Å². The summed E-state index contributed by atoms with van der Waals surface area (Å²) in [5, 5.41) is 3.02. The fraction of sp³-hybridized carbons (Fsp3) is 0.579. The number of carbonyl (C=O) groups excluding carboxylic acids is 2. The summed E-state index contributed by atoms with van der Waals surface area (Å²) in [6, 6.07) is 5.84. The topological polar surface area (TPSA) is 52.7 Å². The number of rotatable bonds is 4. The monoisotopic (exact) mass is 329 g/mol. The van der Waals surface area contributed by atoms with E-state index in [4.69, 9.17) is 0 Å². The Morgan fingerprint density at radius 1 is 1.25 bits per heavy atom. The molecule has 5 heteroatoms. The summed E-state index contributed by atoms with van der Waals surface area (Å²) in [4.78, 5) is 28.5. The van der Waals surface area contributed by atoms with Gasteiger partial charge in [0, 0.05) is 30.8 Å². The number of carbonyl (C=O) groups is 2. The van der Waals surface area contributed by atoms with Crippen LogP contribution in [0.25, 0.3) is 0 Å². The predicted molar refractivity (Wildman–Crippen MR) is 96.2 cm³/mol. The highest BCUT2D eigenvalue weighted by atomic mass is 16.2. The van der Waals surface area contributed by atoms with Crippen molar-refractivity contribution in [2.24, 2.45) is 5.92 Å². The second-order valence-electron chi connectivity index (χ2n) is 7.15. The first-order valence-electron chi connectivity index (χ1n) is 8.92. The minimum atomic E-state index is 0.0760. The zero-order chi connectivity index (χ0) is 17.1. The predicted octanol–water partition coefficient (Wildman–Crippen LogP) is 2.79. The van der Waals surface area contributed by atoms with Crippen LogP contribution in [0.2, 0.25) is 0 Å². The van der Waals surface area contributed by atoms with Crippen molar-refractivity contribution >= 4 is 23.2 Å². The van der Waals surface area contributed by atoms with E-state index in [1.807, 2.05) is 30.0 Å². The first-order chi connectivity index (χ1) is 11.5. The minimum absolute atomic E-state index is 0.0760. The zero-order valence-corrected chi connectivity index (χ0v) is 14.7. The number of hydrogen-bond acceptors (Lipinski definition) is 3. The minimum Gasteiger partial charge on any atom is -0.326 e. The van der Waals surface area contributed by atoms with E-state index in [2.05, 4.69) is 17.3 Å². The Bertz CT molecular complexity index is 621. The van der Waals surface area contributed by atoms with Gasteiger partial charge in [0.25, 0.3) is 0 Å². The smallest absolute Gasteiger partial charge is 0.227 e. The van der Waals surface area contributed by atoms with Crippen molar-refractivity contribution in [3.63, 3.8) is 0 Å². The second-order valence-corrected chi connectivity index (χ2v) is 7.15. The van der Waals surface area contributed by atoms with Gasteiger partial charge in [-0.2, -0.15) is 0 Å². The summed E-state index contributed by atoms with van der Waals surface area (Å²) in [5.74, 6) is 0.728. The van der Waals surface area contributed by atoms with E-state index in [9.17, 15) is 9.59 Å². The van der Waals surface area contributed by atoms with Crippen LogP contribution in [0.1, 0.15) is 37.7 Å². The number of hydrogen-bond donors (Lipinski definition) is 1. The third-order valence-electron chi connectivity index (χ3n) is 5.17. The van der Waals surface area contributed by atoms with E-state index in [1.54, 1.807) is 0 Å². The maximum absolute atomic E-state index is 12.3. The van der Waals surface area contributed by atoms with Crippen molar-refractivity contribution < 1.29 is 9.59 Å². The summed E-state index contributed by atoms with van der Waals surface area (Å²) < 4.78 is 0. The summed E-state index contributed by atoms with van der Waals surface area (Å²) in [7, 11) is 2.13. The Morgan fingerprint density at radius 3 is 2.67 bits per heavy atom. The maximum atomic E-state index is 12.3. The molecule has 0 unspecified atom stereocenters. The third kappa shape index (κ3) is 3.96. The number of piperidine rings is 1. The molecule has 2 heterocycles. The molecule has 3 rings (SSSR count). The molecule has 0 saturated carbocycles. The van der Waals surface area contributed by atoms with Crippen LogP contribution in [0.15, 0.2) is 18.2 Å². The SMILES string of the molecule is Cc1ccc(NC(=O)CC2CCN(C)CC2)cc1N1CCCC1=O. The standard InChI is InChI=1S/C19H27N3O2/c1-14-5-6-16(13-17(14)22-9-3-4-19(22)24)20-18(23)12-15-7-10-21(2)11-8-15/h5-6,13,15H,3-4,7-12H2,1-2H3,(H,20,23). The van der Waals surface area contributed by atoms with Gasteiger partial charge in [-0.3, -0.25) is 9.59 Å². The van der Waals surface area contributed by atoms with Crippen LogP contribution in [0, 0.1) is 12.8 Å². The third-order valence-corrected chi connectivity index (χ3v) is 5.17. The zero-order valence-electron chi connectivity index (χ0n) is 14.7.